The van der Waals surface area contributed by atoms with Crippen molar-refractivity contribution in [3.8, 4) is 5.75 Å². The summed E-state index contributed by atoms with van der Waals surface area (Å²) in [5.74, 6) is 2.23. The van der Waals surface area contributed by atoms with Gasteiger partial charge in [0.05, 0.1) is 18.8 Å². The minimum Gasteiger partial charge on any atom is -0.487 e. The first-order chi connectivity index (χ1) is 9.11. The standard InChI is InChI=1S/C14H17N3O2/c1-9-4-5-12-13(6-9)18-10(2)7-17(12)8-14-15-11(3)19-16-14/h4-6,10H,7-8H2,1-3H3/t10-/m1/s1. The first-order valence-electron chi connectivity index (χ1n) is 6.43. The molecule has 1 atom stereocenters. The van der Waals surface area contributed by atoms with Gasteiger partial charge in [-0.2, -0.15) is 4.98 Å². The van der Waals surface area contributed by atoms with Crippen LogP contribution in [0.2, 0.25) is 0 Å². The topological polar surface area (TPSA) is 51.4 Å². The molecule has 5 heteroatoms. The van der Waals surface area contributed by atoms with Gasteiger partial charge in [-0.15, -0.1) is 0 Å². The highest BCUT2D eigenvalue weighted by molar-refractivity contribution is 5.61. The van der Waals surface area contributed by atoms with Gasteiger partial charge in [0.15, 0.2) is 5.82 Å². The van der Waals surface area contributed by atoms with E-state index in [4.69, 9.17) is 9.26 Å². The Hall–Kier alpha value is -2.04. The van der Waals surface area contributed by atoms with Crippen molar-refractivity contribution < 1.29 is 9.26 Å². The second kappa shape index (κ2) is 4.57. The quantitative estimate of drug-likeness (QED) is 0.829. The molecule has 1 aromatic carbocycles. The number of fused-ring (bicyclic) bond motifs is 1. The first-order valence-corrected chi connectivity index (χ1v) is 6.43. The van der Waals surface area contributed by atoms with Crippen LogP contribution in [0.5, 0.6) is 5.75 Å². The Morgan fingerprint density at radius 3 is 2.95 bits per heavy atom. The van der Waals surface area contributed by atoms with Crippen LogP contribution in [0.1, 0.15) is 24.2 Å². The SMILES string of the molecule is Cc1ccc2c(c1)O[C@H](C)CN2Cc1noc(C)n1. The Labute approximate surface area is 112 Å². The zero-order valence-electron chi connectivity index (χ0n) is 11.4. The summed E-state index contributed by atoms with van der Waals surface area (Å²) in [7, 11) is 0. The molecule has 1 aliphatic heterocycles. The van der Waals surface area contributed by atoms with Crippen molar-refractivity contribution in [2.75, 3.05) is 11.4 Å². The maximum absolute atomic E-state index is 5.88. The summed E-state index contributed by atoms with van der Waals surface area (Å²) >= 11 is 0. The van der Waals surface area contributed by atoms with Crippen molar-refractivity contribution in [2.45, 2.75) is 33.4 Å². The zero-order valence-corrected chi connectivity index (χ0v) is 11.4. The average molecular weight is 259 g/mol. The number of ether oxygens (including phenoxy) is 1. The maximum Gasteiger partial charge on any atom is 0.223 e. The highest BCUT2D eigenvalue weighted by atomic mass is 16.5. The summed E-state index contributed by atoms with van der Waals surface area (Å²) in [4.78, 5) is 6.49. The fourth-order valence-electron chi connectivity index (χ4n) is 2.37. The molecule has 0 radical (unpaired) electrons. The van der Waals surface area contributed by atoms with Crippen molar-refractivity contribution in [3.63, 3.8) is 0 Å². The van der Waals surface area contributed by atoms with Crippen LogP contribution in [0.15, 0.2) is 22.7 Å². The molecule has 0 bridgehead atoms. The molecule has 1 aromatic heterocycles. The smallest absolute Gasteiger partial charge is 0.223 e. The number of nitrogens with zero attached hydrogens (tertiary/aromatic N) is 3. The van der Waals surface area contributed by atoms with Gasteiger partial charge in [0, 0.05) is 6.92 Å². The maximum atomic E-state index is 5.88. The van der Waals surface area contributed by atoms with E-state index in [1.165, 1.54) is 5.56 Å². The van der Waals surface area contributed by atoms with Crippen LogP contribution in [0, 0.1) is 13.8 Å². The van der Waals surface area contributed by atoms with Crippen molar-refractivity contribution in [2.24, 2.45) is 0 Å². The van der Waals surface area contributed by atoms with Crippen LogP contribution in [-0.2, 0) is 6.54 Å². The van der Waals surface area contributed by atoms with E-state index >= 15 is 0 Å². The number of benzene rings is 1. The van der Waals surface area contributed by atoms with Crippen LogP contribution in [0.25, 0.3) is 0 Å². The second-order valence-electron chi connectivity index (χ2n) is 5.01. The van der Waals surface area contributed by atoms with Crippen molar-refractivity contribution >= 4 is 5.69 Å². The minimum absolute atomic E-state index is 0.155. The summed E-state index contributed by atoms with van der Waals surface area (Å²) in [6, 6.07) is 6.25. The fraction of sp³-hybridized carbons (Fsp3) is 0.429. The summed E-state index contributed by atoms with van der Waals surface area (Å²) in [6.07, 6.45) is 0.155. The largest absolute Gasteiger partial charge is 0.487 e. The summed E-state index contributed by atoms with van der Waals surface area (Å²) in [5, 5.41) is 3.96. The molecular weight excluding hydrogens is 242 g/mol. The normalized spacial score (nSPS) is 18.1. The predicted octanol–water partition coefficient (Wildman–Crippen LogP) is 2.47. The monoisotopic (exact) mass is 259 g/mol. The van der Waals surface area contributed by atoms with Crippen molar-refractivity contribution in [1.82, 2.24) is 10.1 Å². The van der Waals surface area contributed by atoms with Crippen LogP contribution < -0.4 is 9.64 Å². The molecule has 0 aliphatic carbocycles. The molecule has 0 saturated carbocycles. The molecule has 2 aromatic rings. The van der Waals surface area contributed by atoms with Gasteiger partial charge in [0.2, 0.25) is 5.89 Å². The molecule has 0 fully saturated rings. The summed E-state index contributed by atoms with van der Waals surface area (Å²) < 4.78 is 10.9. The lowest BCUT2D eigenvalue weighted by Gasteiger charge is -2.34. The van der Waals surface area contributed by atoms with Crippen molar-refractivity contribution in [1.29, 1.82) is 0 Å². The van der Waals surface area contributed by atoms with Gasteiger partial charge in [-0.1, -0.05) is 11.2 Å². The predicted molar refractivity (Wildman–Crippen MR) is 71.4 cm³/mol. The van der Waals surface area contributed by atoms with Crippen LogP contribution in [-0.4, -0.2) is 22.8 Å². The number of hydrogen-bond donors (Lipinski definition) is 0. The third-order valence-electron chi connectivity index (χ3n) is 3.16. The fourth-order valence-corrected chi connectivity index (χ4v) is 2.37. The average Bonchev–Trinajstić information content (AvgIpc) is 2.74. The number of hydrogen-bond acceptors (Lipinski definition) is 5. The van der Waals surface area contributed by atoms with Gasteiger partial charge >= 0.3 is 0 Å². The first kappa shape index (κ1) is 12.0. The van der Waals surface area contributed by atoms with E-state index in [0.29, 0.717) is 18.3 Å². The number of aromatic nitrogens is 2. The zero-order chi connectivity index (χ0) is 13.4. The van der Waals surface area contributed by atoms with E-state index < -0.39 is 0 Å². The molecule has 0 unspecified atom stereocenters. The summed E-state index contributed by atoms with van der Waals surface area (Å²) in [5.41, 5.74) is 2.29. The molecule has 0 amide bonds. The van der Waals surface area contributed by atoms with E-state index in [0.717, 1.165) is 18.0 Å². The van der Waals surface area contributed by atoms with E-state index in [9.17, 15) is 0 Å². The second-order valence-corrected chi connectivity index (χ2v) is 5.01. The Kier molecular flexibility index (Phi) is 2.89. The molecule has 1 aliphatic rings. The van der Waals surface area contributed by atoms with E-state index in [1.54, 1.807) is 6.92 Å². The Bertz CT molecular complexity index is 594. The Morgan fingerprint density at radius 2 is 2.21 bits per heavy atom. The van der Waals surface area contributed by atoms with Gasteiger partial charge in [-0.25, -0.2) is 0 Å². The molecule has 0 N–H and O–H groups in total. The molecule has 3 rings (SSSR count). The van der Waals surface area contributed by atoms with Crippen LogP contribution in [0.3, 0.4) is 0 Å². The van der Waals surface area contributed by atoms with Gasteiger partial charge < -0.3 is 14.2 Å². The third-order valence-corrected chi connectivity index (χ3v) is 3.16. The molecular formula is C14H17N3O2. The van der Waals surface area contributed by atoms with Crippen LogP contribution >= 0.6 is 0 Å². The number of rotatable bonds is 2. The van der Waals surface area contributed by atoms with Gasteiger partial charge in [0.25, 0.3) is 0 Å². The molecule has 19 heavy (non-hydrogen) atoms. The molecule has 100 valence electrons. The third kappa shape index (κ3) is 2.41. The molecule has 5 nitrogen and oxygen atoms in total. The van der Waals surface area contributed by atoms with E-state index in [-0.39, 0.29) is 6.10 Å². The molecule has 0 spiro atoms. The Balaban J connectivity index is 1.90. The lowest BCUT2D eigenvalue weighted by atomic mass is 10.1. The summed E-state index contributed by atoms with van der Waals surface area (Å²) in [6.45, 7) is 7.40. The lowest BCUT2D eigenvalue weighted by molar-refractivity contribution is 0.211. The van der Waals surface area contributed by atoms with Gasteiger partial charge in [-0.3, -0.25) is 0 Å². The van der Waals surface area contributed by atoms with E-state index in [1.807, 2.05) is 0 Å². The minimum atomic E-state index is 0.155. The van der Waals surface area contributed by atoms with Crippen molar-refractivity contribution in [3.05, 3.63) is 35.5 Å². The van der Waals surface area contributed by atoms with Gasteiger partial charge in [0.1, 0.15) is 11.9 Å². The van der Waals surface area contributed by atoms with Gasteiger partial charge in [-0.05, 0) is 31.5 Å². The molecule has 0 saturated heterocycles. The lowest BCUT2D eigenvalue weighted by Crippen LogP contribution is -2.38. The Morgan fingerprint density at radius 1 is 1.37 bits per heavy atom. The van der Waals surface area contributed by atoms with Crippen LogP contribution in [0.4, 0.5) is 5.69 Å². The highest BCUT2D eigenvalue weighted by Crippen LogP contribution is 2.34. The molecule has 2 heterocycles. The number of aryl methyl sites for hydroxylation is 2. The van der Waals surface area contributed by atoms with E-state index in [2.05, 4.69) is 47.1 Å². The number of anilines is 1. The highest BCUT2D eigenvalue weighted by Gasteiger charge is 2.24.